The van der Waals surface area contributed by atoms with Gasteiger partial charge in [-0.1, -0.05) is 48.0 Å². The number of phenolic OH excluding ortho intramolecular Hbond substituents is 1. The second-order valence-corrected chi connectivity index (χ2v) is 9.33. The first-order valence-electron chi connectivity index (χ1n) is 11.4. The van der Waals surface area contributed by atoms with Crippen molar-refractivity contribution in [2.75, 3.05) is 20.1 Å². The van der Waals surface area contributed by atoms with Gasteiger partial charge in [0.1, 0.15) is 5.75 Å². The maximum Gasteiger partial charge on any atom is 0.134 e. The third kappa shape index (κ3) is 6.10. The molecule has 0 aliphatic carbocycles. The van der Waals surface area contributed by atoms with Gasteiger partial charge in [-0.3, -0.25) is 14.8 Å². The standard InChI is InChI=1S/C27H32ClN3O/c1-30(19-22-9-13-29-14-10-22)26(18-21-5-3-2-4-6-21)24-11-15-31(16-12-24)20-23-7-8-27(32)25(28)17-23/h2-10,13-14,17,24,26,32H,11-12,15-16,18-20H2,1H3. The zero-order chi connectivity index (χ0) is 22.3. The number of hydrogen-bond acceptors (Lipinski definition) is 4. The summed E-state index contributed by atoms with van der Waals surface area (Å²) in [5.74, 6) is 0.803. The lowest BCUT2D eigenvalue weighted by Gasteiger charge is -2.40. The first kappa shape index (κ1) is 22.8. The van der Waals surface area contributed by atoms with Gasteiger partial charge in [0.2, 0.25) is 0 Å². The van der Waals surface area contributed by atoms with Crippen LogP contribution in [0.5, 0.6) is 5.75 Å². The number of halogens is 1. The number of nitrogens with zero attached hydrogens (tertiary/aromatic N) is 3. The van der Waals surface area contributed by atoms with Crippen LogP contribution in [0.15, 0.2) is 73.1 Å². The van der Waals surface area contributed by atoms with Crippen molar-refractivity contribution in [1.82, 2.24) is 14.8 Å². The maximum absolute atomic E-state index is 9.67. The van der Waals surface area contributed by atoms with E-state index < -0.39 is 0 Å². The lowest BCUT2D eigenvalue weighted by atomic mass is 9.84. The van der Waals surface area contributed by atoms with Gasteiger partial charge in [0.15, 0.2) is 0 Å². The first-order chi connectivity index (χ1) is 15.6. The molecule has 4 rings (SSSR count). The maximum atomic E-state index is 9.67. The number of likely N-dealkylation sites (tertiary alicyclic amines) is 1. The van der Waals surface area contributed by atoms with Gasteiger partial charge in [-0.05, 0) is 86.3 Å². The number of phenols is 1. The summed E-state index contributed by atoms with van der Waals surface area (Å²) in [5.41, 5.74) is 3.87. The number of piperidine rings is 1. The molecule has 4 nitrogen and oxygen atoms in total. The number of hydrogen-bond donors (Lipinski definition) is 1. The summed E-state index contributed by atoms with van der Waals surface area (Å²) >= 11 is 6.10. The van der Waals surface area contributed by atoms with E-state index in [4.69, 9.17) is 11.6 Å². The van der Waals surface area contributed by atoms with Gasteiger partial charge >= 0.3 is 0 Å². The molecule has 3 aromatic rings. The van der Waals surface area contributed by atoms with Crippen LogP contribution in [0.3, 0.4) is 0 Å². The average molecular weight is 450 g/mol. The second-order valence-electron chi connectivity index (χ2n) is 8.93. The summed E-state index contributed by atoms with van der Waals surface area (Å²) in [4.78, 5) is 9.19. The van der Waals surface area contributed by atoms with Crippen molar-refractivity contribution >= 4 is 11.6 Å². The molecule has 168 valence electrons. The molecule has 1 aromatic heterocycles. The van der Waals surface area contributed by atoms with Gasteiger partial charge in [-0.25, -0.2) is 0 Å². The van der Waals surface area contributed by atoms with Crippen LogP contribution in [0.25, 0.3) is 0 Å². The van der Waals surface area contributed by atoms with Crippen LogP contribution < -0.4 is 0 Å². The van der Waals surface area contributed by atoms with E-state index in [-0.39, 0.29) is 5.75 Å². The largest absolute Gasteiger partial charge is 0.506 e. The van der Waals surface area contributed by atoms with Crippen LogP contribution in [0.4, 0.5) is 0 Å². The fraction of sp³-hybridized carbons (Fsp3) is 0.370. The minimum absolute atomic E-state index is 0.148. The van der Waals surface area contributed by atoms with E-state index in [9.17, 15) is 5.11 Å². The van der Waals surface area contributed by atoms with Crippen molar-refractivity contribution in [3.05, 3.63) is 94.8 Å². The Bertz CT molecular complexity index is 975. The molecule has 2 heterocycles. The summed E-state index contributed by atoms with van der Waals surface area (Å²) in [6.07, 6.45) is 7.20. The van der Waals surface area contributed by atoms with Crippen molar-refractivity contribution in [1.29, 1.82) is 0 Å². The minimum Gasteiger partial charge on any atom is -0.506 e. The molecule has 0 saturated carbocycles. The average Bonchev–Trinajstić information content (AvgIpc) is 2.82. The van der Waals surface area contributed by atoms with Crippen LogP contribution in [0.2, 0.25) is 5.02 Å². The molecule has 2 aromatic carbocycles. The molecule has 0 radical (unpaired) electrons. The summed E-state index contributed by atoms with van der Waals surface area (Å²) in [5, 5.41) is 10.1. The molecule has 1 saturated heterocycles. The van der Waals surface area contributed by atoms with Gasteiger partial charge in [0.25, 0.3) is 0 Å². The second kappa shape index (κ2) is 11.0. The lowest BCUT2D eigenvalue weighted by molar-refractivity contribution is 0.0954. The van der Waals surface area contributed by atoms with Crippen LogP contribution in [-0.2, 0) is 19.5 Å². The smallest absolute Gasteiger partial charge is 0.134 e. The Labute approximate surface area is 196 Å². The Hall–Kier alpha value is -2.40. The Morgan fingerprint density at radius 3 is 2.41 bits per heavy atom. The molecule has 1 N–H and O–H groups in total. The molecular weight excluding hydrogens is 418 g/mol. The zero-order valence-electron chi connectivity index (χ0n) is 18.7. The van der Waals surface area contributed by atoms with Crippen molar-refractivity contribution in [3.8, 4) is 5.75 Å². The fourth-order valence-electron chi connectivity index (χ4n) is 4.83. The van der Waals surface area contributed by atoms with E-state index in [2.05, 4.69) is 64.3 Å². The molecule has 1 aliphatic rings. The van der Waals surface area contributed by atoms with Crippen LogP contribution in [0.1, 0.15) is 29.5 Å². The third-order valence-corrected chi connectivity index (χ3v) is 6.93. The van der Waals surface area contributed by atoms with E-state index in [0.29, 0.717) is 17.0 Å². The molecule has 0 amide bonds. The predicted octanol–water partition coefficient (Wildman–Crippen LogP) is 5.40. The molecule has 1 atom stereocenters. The monoisotopic (exact) mass is 449 g/mol. The molecule has 0 bridgehead atoms. The first-order valence-corrected chi connectivity index (χ1v) is 11.8. The number of benzene rings is 2. The highest BCUT2D eigenvalue weighted by atomic mass is 35.5. The Morgan fingerprint density at radius 1 is 1.00 bits per heavy atom. The summed E-state index contributed by atoms with van der Waals surface area (Å²) in [6.45, 7) is 3.98. The Morgan fingerprint density at radius 2 is 1.72 bits per heavy atom. The van der Waals surface area contributed by atoms with Crippen molar-refractivity contribution in [3.63, 3.8) is 0 Å². The summed E-state index contributed by atoms with van der Waals surface area (Å²) < 4.78 is 0. The van der Waals surface area contributed by atoms with E-state index in [1.54, 1.807) is 6.07 Å². The van der Waals surface area contributed by atoms with Gasteiger partial charge in [-0.15, -0.1) is 0 Å². The van der Waals surface area contributed by atoms with Crippen molar-refractivity contribution in [2.24, 2.45) is 5.92 Å². The van der Waals surface area contributed by atoms with Gasteiger partial charge in [0, 0.05) is 31.5 Å². The summed E-state index contributed by atoms with van der Waals surface area (Å²) in [7, 11) is 2.26. The highest BCUT2D eigenvalue weighted by molar-refractivity contribution is 6.32. The number of aromatic nitrogens is 1. The highest BCUT2D eigenvalue weighted by Gasteiger charge is 2.29. The quantitative estimate of drug-likeness (QED) is 0.500. The molecule has 0 spiro atoms. The van der Waals surface area contributed by atoms with E-state index in [1.165, 1.54) is 24.0 Å². The number of likely N-dealkylation sites (N-methyl/N-ethyl adjacent to an activating group) is 1. The molecular formula is C27H32ClN3O. The number of aromatic hydroxyl groups is 1. The van der Waals surface area contributed by atoms with Crippen molar-refractivity contribution < 1.29 is 5.11 Å². The van der Waals surface area contributed by atoms with Crippen LogP contribution in [0, 0.1) is 5.92 Å². The molecule has 1 fully saturated rings. The topological polar surface area (TPSA) is 39.6 Å². The van der Waals surface area contributed by atoms with Gasteiger partial charge in [-0.2, -0.15) is 0 Å². The normalized spacial score (nSPS) is 16.3. The zero-order valence-corrected chi connectivity index (χ0v) is 19.5. The fourth-order valence-corrected chi connectivity index (χ4v) is 5.04. The van der Waals surface area contributed by atoms with Gasteiger partial charge < -0.3 is 5.11 Å². The van der Waals surface area contributed by atoms with E-state index in [1.807, 2.05) is 24.5 Å². The van der Waals surface area contributed by atoms with Crippen LogP contribution >= 0.6 is 11.6 Å². The van der Waals surface area contributed by atoms with Gasteiger partial charge in [0.05, 0.1) is 5.02 Å². The molecule has 1 unspecified atom stereocenters. The molecule has 5 heteroatoms. The third-order valence-electron chi connectivity index (χ3n) is 6.63. The van der Waals surface area contributed by atoms with E-state index >= 15 is 0 Å². The molecule has 32 heavy (non-hydrogen) atoms. The van der Waals surface area contributed by atoms with E-state index in [0.717, 1.165) is 38.2 Å². The van der Waals surface area contributed by atoms with Crippen LogP contribution in [-0.4, -0.2) is 46.1 Å². The number of pyridine rings is 1. The lowest BCUT2D eigenvalue weighted by Crippen LogP contribution is -2.44. The minimum atomic E-state index is 0.148. The summed E-state index contributed by atoms with van der Waals surface area (Å²) in [6, 6.07) is 21.1. The van der Waals surface area contributed by atoms with Crippen molar-refractivity contribution in [2.45, 2.75) is 38.4 Å². The SMILES string of the molecule is CN(Cc1ccncc1)C(Cc1ccccc1)C1CCN(Cc2ccc(O)c(Cl)c2)CC1. The Balaban J connectivity index is 1.41. The Kier molecular flexibility index (Phi) is 7.80. The predicted molar refractivity (Wildman–Crippen MR) is 131 cm³/mol. The number of rotatable bonds is 8. The molecule has 1 aliphatic heterocycles. The highest BCUT2D eigenvalue weighted by Crippen LogP contribution is 2.29.